The zero-order chi connectivity index (χ0) is 15.4. The molecule has 1 heterocycles. The Morgan fingerprint density at radius 3 is 2.64 bits per heavy atom. The van der Waals surface area contributed by atoms with E-state index in [2.05, 4.69) is 58.8 Å². The van der Waals surface area contributed by atoms with Crippen molar-refractivity contribution >= 4 is 10.9 Å². The number of fused-ring (bicyclic) bond motifs is 1. The zero-order valence-corrected chi connectivity index (χ0v) is 13.1. The highest BCUT2D eigenvalue weighted by Crippen LogP contribution is 2.34. The Kier molecular flexibility index (Phi) is 4.45. The summed E-state index contributed by atoms with van der Waals surface area (Å²) in [6, 6.07) is 17.1. The number of benzene rings is 2. The van der Waals surface area contributed by atoms with Crippen LogP contribution in [0.2, 0.25) is 0 Å². The largest absolute Gasteiger partial charge is 0.496 e. The second-order valence-corrected chi connectivity index (χ2v) is 5.52. The smallest absolute Gasteiger partial charge is 0.128 e. The number of rotatable bonds is 6. The third-order valence-corrected chi connectivity index (χ3v) is 4.16. The molecule has 1 atom stereocenters. The molecular weight excluding hydrogens is 272 g/mol. The summed E-state index contributed by atoms with van der Waals surface area (Å²) in [6.07, 6.45) is 3.01. The van der Waals surface area contributed by atoms with Crippen LogP contribution in [0, 0.1) is 0 Å². The molecule has 114 valence electrons. The lowest BCUT2D eigenvalue weighted by Crippen LogP contribution is -2.13. The van der Waals surface area contributed by atoms with Crippen LogP contribution in [0.3, 0.4) is 0 Å². The minimum absolute atomic E-state index is 0.357. The molecule has 0 radical (unpaired) electrons. The predicted octanol–water partition coefficient (Wildman–Crippen LogP) is 3.92. The van der Waals surface area contributed by atoms with Crippen molar-refractivity contribution in [1.82, 2.24) is 10.3 Å². The van der Waals surface area contributed by atoms with Gasteiger partial charge in [-0.1, -0.05) is 30.3 Å². The van der Waals surface area contributed by atoms with Gasteiger partial charge in [-0.15, -0.1) is 0 Å². The van der Waals surface area contributed by atoms with Crippen LogP contribution in [0.1, 0.15) is 23.5 Å². The predicted molar refractivity (Wildman–Crippen MR) is 91.7 cm³/mol. The summed E-state index contributed by atoms with van der Waals surface area (Å²) in [5.74, 6) is 1.29. The van der Waals surface area contributed by atoms with Gasteiger partial charge in [0.15, 0.2) is 0 Å². The van der Waals surface area contributed by atoms with Crippen molar-refractivity contribution in [2.75, 3.05) is 20.7 Å². The average Bonchev–Trinajstić information content (AvgIpc) is 3.04. The van der Waals surface area contributed by atoms with Gasteiger partial charge in [-0.05, 0) is 49.3 Å². The van der Waals surface area contributed by atoms with E-state index in [0.29, 0.717) is 5.92 Å². The van der Waals surface area contributed by atoms with Crippen LogP contribution in [-0.4, -0.2) is 25.7 Å². The third-order valence-electron chi connectivity index (χ3n) is 4.16. The maximum Gasteiger partial charge on any atom is 0.128 e. The van der Waals surface area contributed by atoms with Crippen molar-refractivity contribution in [2.24, 2.45) is 0 Å². The van der Waals surface area contributed by atoms with Gasteiger partial charge in [0.05, 0.1) is 7.11 Å². The number of ether oxygens (including phenoxy) is 1. The number of hydrogen-bond donors (Lipinski definition) is 2. The van der Waals surface area contributed by atoms with E-state index < -0.39 is 0 Å². The molecule has 0 aliphatic heterocycles. The van der Waals surface area contributed by atoms with Crippen LogP contribution in [0.25, 0.3) is 10.9 Å². The summed E-state index contributed by atoms with van der Waals surface area (Å²) in [5, 5.41) is 4.39. The molecule has 0 fully saturated rings. The Balaban J connectivity index is 2.07. The van der Waals surface area contributed by atoms with E-state index in [9.17, 15) is 0 Å². The first kappa shape index (κ1) is 14.7. The van der Waals surface area contributed by atoms with Crippen molar-refractivity contribution in [1.29, 1.82) is 0 Å². The average molecular weight is 294 g/mol. The molecule has 0 bridgehead atoms. The Morgan fingerprint density at radius 1 is 1.09 bits per heavy atom. The lowest BCUT2D eigenvalue weighted by Gasteiger charge is -2.19. The number of methoxy groups -OCH3 is 1. The second-order valence-electron chi connectivity index (χ2n) is 5.52. The molecule has 3 rings (SSSR count). The summed E-state index contributed by atoms with van der Waals surface area (Å²) in [4.78, 5) is 3.30. The van der Waals surface area contributed by atoms with E-state index in [1.165, 1.54) is 11.1 Å². The summed E-state index contributed by atoms with van der Waals surface area (Å²) in [7, 11) is 3.73. The number of aromatic nitrogens is 1. The number of hydrogen-bond acceptors (Lipinski definition) is 2. The van der Waals surface area contributed by atoms with Crippen molar-refractivity contribution < 1.29 is 4.74 Å². The fourth-order valence-electron chi connectivity index (χ4n) is 3.02. The molecular formula is C19H22N2O. The van der Waals surface area contributed by atoms with Crippen LogP contribution in [0.5, 0.6) is 5.75 Å². The van der Waals surface area contributed by atoms with Gasteiger partial charge < -0.3 is 15.0 Å². The van der Waals surface area contributed by atoms with Crippen molar-refractivity contribution in [3.63, 3.8) is 0 Å². The highest BCUT2D eigenvalue weighted by Gasteiger charge is 2.16. The van der Waals surface area contributed by atoms with Crippen LogP contribution < -0.4 is 10.1 Å². The van der Waals surface area contributed by atoms with Gasteiger partial charge in [0, 0.05) is 23.0 Å². The lowest BCUT2D eigenvalue weighted by molar-refractivity contribution is 0.419. The highest BCUT2D eigenvalue weighted by atomic mass is 16.5. The van der Waals surface area contributed by atoms with Gasteiger partial charge in [0.1, 0.15) is 5.75 Å². The minimum atomic E-state index is 0.357. The van der Waals surface area contributed by atoms with Crippen molar-refractivity contribution in [3.05, 3.63) is 65.9 Å². The fraction of sp³-hybridized carbons (Fsp3) is 0.263. The molecule has 3 aromatic rings. The van der Waals surface area contributed by atoms with Crippen LogP contribution in [0.15, 0.2) is 54.7 Å². The number of H-pyrrole nitrogens is 1. The molecule has 3 heteroatoms. The standard InChI is InChI=1S/C19H22N2O/c1-20-10-8-16(14-6-4-3-5-7-14)15-12-18-17(9-11-21-18)19(13-15)22-2/h3-7,9,11-13,16,20-21H,8,10H2,1-2H3. The van der Waals surface area contributed by atoms with Crippen LogP contribution >= 0.6 is 0 Å². The van der Waals surface area contributed by atoms with Crippen LogP contribution in [-0.2, 0) is 0 Å². The number of aromatic amines is 1. The quantitative estimate of drug-likeness (QED) is 0.723. The maximum atomic E-state index is 5.58. The molecule has 0 aliphatic carbocycles. The third kappa shape index (κ3) is 2.85. The zero-order valence-electron chi connectivity index (χ0n) is 13.1. The summed E-state index contributed by atoms with van der Waals surface area (Å²) >= 11 is 0. The minimum Gasteiger partial charge on any atom is -0.496 e. The molecule has 3 nitrogen and oxygen atoms in total. The van der Waals surface area contributed by atoms with Gasteiger partial charge in [-0.25, -0.2) is 0 Å². The second kappa shape index (κ2) is 6.67. The van der Waals surface area contributed by atoms with E-state index in [1.807, 2.05) is 13.2 Å². The Morgan fingerprint density at radius 2 is 1.91 bits per heavy atom. The fourth-order valence-corrected chi connectivity index (χ4v) is 3.02. The molecule has 22 heavy (non-hydrogen) atoms. The topological polar surface area (TPSA) is 37.0 Å². The van der Waals surface area contributed by atoms with Gasteiger partial charge in [-0.2, -0.15) is 0 Å². The molecule has 2 aromatic carbocycles. The molecule has 0 aliphatic rings. The van der Waals surface area contributed by atoms with E-state index in [4.69, 9.17) is 4.74 Å². The molecule has 0 amide bonds. The molecule has 0 saturated heterocycles. The first-order chi connectivity index (χ1) is 10.8. The van der Waals surface area contributed by atoms with E-state index in [0.717, 1.165) is 29.6 Å². The normalized spacial score (nSPS) is 12.5. The van der Waals surface area contributed by atoms with Gasteiger partial charge >= 0.3 is 0 Å². The molecule has 1 aromatic heterocycles. The molecule has 2 N–H and O–H groups in total. The van der Waals surface area contributed by atoms with E-state index >= 15 is 0 Å². The number of nitrogens with one attached hydrogen (secondary N) is 2. The SMILES string of the molecule is CNCCC(c1ccccc1)c1cc(OC)c2cc[nH]c2c1. The van der Waals surface area contributed by atoms with Gasteiger partial charge in [-0.3, -0.25) is 0 Å². The lowest BCUT2D eigenvalue weighted by atomic mass is 9.88. The van der Waals surface area contributed by atoms with Crippen molar-refractivity contribution in [2.45, 2.75) is 12.3 Å². The summed E-state index contributed by atoms with van der Waals surface area (Å²) in [5.41, 5.74) is 3.75. The monoisotopic (exact) mass is 294 g/mol. The first-order valence-electron chi connectivity index (χ1n) is 7.68. The molecule has 0 spiro atoms. The summed E-state index contributed by atoms with van der Waals surface area (Å²) < 4.78 is 5.58. The molecule has 1 unspecified atom stereocenters. The Bertz CT molecular complexity index is 734. The van der Waals surface area contributed by atoms with E-state index in [1.54, 1.807) is 7.11 Å². The Hall–Kier alpha value is -2.26. The van der Waals surface area contributed by atoms with E-state index in [-0.39, 0.29) is 0 Å². The first-order valence-corrected chi connectivity index (χ1v) is 7.68. The maximum absolute atomic E-state index is 5.58. The Labute approximate surface area is 131 Å². The van der Waals surface area contributed by atoms with Crippen molar-refractivity contribution in [3.8, 4) is 5.75 Å². The van der Waals surface area contributed by atoms with Gasteiger partial charge in [0.25, 0.3) is 0 Å². The highest BCUT2D eigenvalue weighted by molar-refractivity contribution is 5.86. The summed E-state index contributed by atoms with van der Waals surface area (Å²) in [6.45, 7) is 0.977. The van der Waals surface area contributed by atoms with Gasteiger partial charge in [0.2, 0.25) is 0 Å². The van der Waals surface area contributed by atoms with Crippen LogP contribution in [0.4, 0.5) is 0 Å². The molecule has 0 saturated carbocycles.